The monoisotopic (exact) mass is 1890 g/mol. The van der Waals surface area contributed by atoms with Crippen LogP contribution in [0, 0.1) is 0 Å². The zero-order valence-electron chi connectivity index (χ0n) is 76.4. The van der Waals surface area contributed by atoms with Gasteiger partial charge in [-0.3, -0.25) is 19.2 Å². The van der Waals surface area contributed by atoms with Gasteiger partial charge in [-0.1, -0.05) is 206 Å². The molecule has 0 aromatic heterocycles. The summed E-state index contributed by atoms with van der Waals surface area (Å²) in [5.41, 5.74) is 0. The number of carboxylic acid groups (broad SMARTS) is 2. The molecule has 0 bridgehead atoms. The van der Waals surface area contributed by atoms with Crippen LogP contribution in [0.5, 0.6) is 0 Å². The van der Waals surface area contributed by atoms with Gasteiger partial charge in [0, 0.05) is 40.0 Å². The van der Waals surface area contributed by atoms with Crippen LogP contribution >= 0.6 is 0 Å². The number of aliphatic hydroxyl groups is 19. The molecule has 25 N–H and O–H groups in total. The third-order valence-electron chi connectivity index (χ3n) is 25.1. The van der Waals surface area contributed by atoms with Gasteiger partial charge in [0.05, 0.1) is 82.7 Å². The van der Waals surface area contributed by atoms with Crippen LogP contribution in [0.15, 0.2) is 12.2 Å². The van der Waals surface area contributed by atoms with E-state index in [4.69, 9.17) is 56.8 Å². The number of carbonyl (C=O) groups excluding carboxylic acids is 4. The summed E-state index contributed by atoms with van der Waals surface area (Å²) in [4.78, 5) is 79.7. The molecular formula is C88H156N4O39. The van der Waals surface area contributed by atoms with Gasteiger partial charge < -0.3 is 185 Å². The molecule has 6 heterocycles. The second-order valence-electron chi connectivity index (χ2n) is 35.7. The fourth-order valence-corrected chi connectivity index (χ4v) is 17.6. The van der Waals surface area contributed by atoms with E-state index in [0.29, 0.717) is 12.8 Å². The molecule has 4 amide bonds. The molecular weight excluding hydrogens is 1740 g/mol. The van der Waals surface area contributed by atoms with Crippen LogP contribution in [0.1, 0.15) is 253 Å². The highest BCUT2D eigenvalue weighted by Crippen LogP contribution is 2.43. The largest absolute Gasteiger partial charge is 0.477 e. The van der Waals surface area contributed by atoms with Crippen LogP contribution in [0.25, 0.3) is 0 Å². The van der Waals surface area contributed by atoms with Crippen molar-refractivity contribution in [2.75, 3.05) is 46.2 Å². The lowest BCUT2D eigenvalue weighted by atomic mass is 9.88. The van der Waals surface area contributed by atoms with E-state index in [9.17, 15) is 136 Å². The van der Waals surface area contributed by atoms with Crippen molar-refractivity contribution in [3.63, 3.8) is 0 Å². The second kappa shape index (κ2) is 59.6. The summed E-state index contributed by atoms with van der Waals surface area (Å²) in [6.07, 6.45) is -26.8. The predicted molar refractivity (Wildman–Crippen MR) is 458 cm³/mol. The van der Waals surface area contributed by atoms with Gasteiger partial charge in [0.25, 0.3) is 11.6 Å². The summed E-state index contributed by atoms with van der Waals surface area (Å²) < 4.78 is 72.5. The van der Waals surface area contributed by atoms with Crippen molar-refractivity contribution in [2.24, 2.45) is 0 Å². The highest BCUT2D eigenvalue weighted by Gasteiger charge is 2.64. The highest BCUT2D eigenvalue weighted by atomic mass is 16.8. The van der Waals surface area contributed by atoms with E-state index in [0.717, 1.165) is 85.0 Å². The van der Waals surface area contributed by atoms with Gasteiger partial charge in [0.1, 0.15) is 134 Å². The molecule has 0 aliphatic carbocycles. The smallest absolute Gasteiger partial charge is 0.364 e. The van der Waals surface area contributed by atoms with E-state index in [1.54, 1.807) is 6.08 Å². The first-order valence-corrected chi connectivity index (χ1v) is 47.2. The summed E-state index contributed by atoms with van der Waals surface area (Å²) in [7, 11) is 0. The molecule has 131 heavy (non-hydrogen) atoms. The number of aliphatic carboxylic acids is 2. The third-order valence-corrected chi connectivity index (χ3v) is 25.1. The molecule has 6 aliphatic rings. The Hall–Kier alpha value is -4.68. The molecule has 0 radical (unpaired) electrons. The number of aliphatic hydroxyl groups excluding tert-OH is 19. The average Bonchev–Trinajstić information content (AvgIpc) is 0.746. The number of ether oxygens (including phenoxy) is 12. The number of nitrogens with one attached hydrogen (secondary N) is 4. The zero-order valence-corrected chi connectivity index (χ0v) is 76.4. The van der Waals surface area contributed by atoms with Crippen LogP contribution in [0.2, 0.25) is 0 Å². The lowest BCUT2D eigenvalue weighted by molar-refractivity contribution is -0.405. The Morgan fingerprint density at radius 3 is 1.16 bits per heavy atom. The number of carboxylic acids is 2. The molecule has 43 heteroatoms. The van der Waals surface area contributed by atoms with Gasteiger partial charge in [0.2, 0.25) is 23.6 Å². The van der Waals surface area contributed by atoms with Gasteiger partial charge in [-0.05, 0) is 19.3 Å². The minimum Gasteiger partial charge on any atom is -0.477 e. The molecule has 0 aromatic rings. The van der Waals surface area contributed by atoms with Crippen molar-refractivity contribution in [3.8, 4) is 0 Å². The maximum atomic E-state index is 14.1. The molecule has 43 nitrogen and oxygen atoms in total. The molecule has 34 unspecified atom stereocenters. The molecule has 6 saturated heterocycles. The molecule has 6 fully saturated rings. The lowest BCUT2D eigenvalue weighted by Gasteiger charge is -2.53. The summed E-state index contributed by atoms with van der Waals surface area (Å²) in [5.74, 6) is -14.5. The van der Waals surface area contributed by atoms with Crippen LogP contribution < -0.4 is 21.3 Å². The van der Waals surface area contributed by atoms with Crippen molar-refractivity contribution in [3.05, 3.63) is 12.2 Å². The number of amides is 4. The van der Waals surface area contributed by atoms with Gasteiger partial charge in [-0.2, -0.15) is 0 Å². The Morgan fingerprint density at radius 2 is 0.748 bits per heavy atom. The number of carbonyl (C=O) groups is 6. The Balaban J connectivity index is 1.27. The van der Waals surface area contributed by atoms with Gasteiger partial charge in [-0.25, -0.2) is 9.59 Å². The summed E-state index contributed by atoms with van der Waals surface area (Å²) >= 11 is 0. The van der Waals surface area contributed by atoms with Crippen LogP contribution in [-0.2, 0) is 85.6 Å². The molecule has 6 aliphatic heterocycles. The summed E-state index contributed by atoms with van der Waals surface area (Å²) in [6.45, 7) is -0.808. The summed E-state index contributed by atoms with van der Waals surface area (Å²) in [5, 5.41) is 248. The minimum absolute atomic E-state index is 0.0958. The van der Waals surface area contributed by atoms with Gasteiger partial charge >= 0.3 is 11.9 Å². The zero-order chi connectivity index (χ0) is 96.7. The van der Waals surface area contributed by atoms with E-state index >= 15 is 0 Å². The van der Waals surface area contributed by atoms with E-state index < -0.39 is 302 Å². The van der Waals surface area contributed by atoms with Crippen molar-refractivity contribution in [1.29, 1.82) is 0 Å². The Morgan fingerprint density at radius 1 is 0.397 bits per heavy atom. The van der Waals surface area contributed by atoms with E-state index in [1.807, 2.05) is 0 Å². The normalized spacial score (nSPS) is 34.4. The first kappa shape index (κ1) is 115. The first-order chi connectivity index (χ1) is 62.6. The number of hydrogen-bond acceptors (Lipinski definition) is 37. The summed E-state index contributed by atoms with van der Waals surface area (Å²) in [6, 6.07) is -6.94. The highest BCUT2D eigenvalue weighted by molar-refractivity contribution is 5.78. The van der Waals surface area contributed by atoms with Gasteiger partial charge in [-0.15, -0.1) is 0 Å². The second-order valence-corrected chi connectivity index (χ2v) is 35.7. The molecule has 6 rings (SSSR count). The van der Waals surface area contributed by atoms with E-state index in [2.05, 4.69) is 35.1 Å². The molecule has 762 valence electrons. The Bertz CT molecular complexity index is 3280. The Labute approximate surface area is 765 Å². The maximum absolute atomic E-state index is 14.1. The molecule has 0 aromatic carbocycles. The standard InChI is InChI=1S/C88H156N4O39/c1-6-8-10-12-14-16-18-20-21-22-23-24-25-27-29-31-33-35-37-39-62(107)92-52(53(102)38-36-34-32-30-28-26-19-17-15-13-11-9-7-2)48-120-82-71(113)70(112)74(60(46-97)123-82)125-84-73(115)80(131-88(86(118)119)41-55(104)64(90-50(4)100)78(129-88)67(109)57(106)43-94)75(61(47-98)124-84)126-81-65(91-51(5)101)76(68(110)58(44-95)121-81)127-83-72(114)79(69(111)59(45-96)122-83)130-87(85(116)117)40-54(103)63(89-49(3)99)77(128-87)66(108)56(105)42-93/h36,38,52-61,63-84,93-98,102-106,108-115H,6-35,37,39-48H2,1-5H3,(H,89,99)(H,90,100)(H,91,101)(H,92,107)(H,116,117)(H,118,119). The van der Waals surface area contributed by atoms with E-state index in [1.165, 1.54) is 128 Å². The van der Waals surface area contributed by atoms with Crippen LogP contribution in [-0.4, -0.2) is 396 Å². The molecule has 34 atom stereocenters. The maximum Gasteiger partial charge on any atom is 0.364 e. The quantitative estimate of drug-likeness (QED) is 0.0225. The van der Waals surface area contributed by atoms with Crippen molar-refractivity contribution >= 4 is 35.6 Å². The molecule has 0 saturated carbocycles. The number of rotatable bonds is 63. The lowest BCUT2D eigenvalue weighted by Crippen LogP contribution is -2.72. The number of hydrogen-bond donors (Lipinski definition) is 25. The number of unbranched alkanes of at least 4 members (excludes halogenated alkanes) is 29. The third kappa shape index (κ3) is 34.7. The van der Waals surface area contributed by atoms with Crippen LogP contribution in [0.4, 0.5) is 0 Å². The number of allylic oxidation sites excluding steroid dienone is 1. The first-order valence-electron chi connectivity index (χ1n) is 47.2. The fourth-order valence-electron chi connectivity index (χ4n) is 17.6. The van der Waals surface area contributed by atoms with Crippen molar-refractivity contribution in [2.45, 2.75) is 460 Å². The van der Waals surface area contributed by atoms with Gasteiger partial charge in [0.15, 0.2) is 25.2 Å². The average molecular weight is 1890 g/mol. The SMILES string of the molecule is CCCCCCCCCCCCCC=CC(O)C(COC1OC(CO)C(OC2OC(CO)C(OC3OC(CO)C(O)C(OC4OC(CO)C(O)C(OC5(C(=O)O)CC(O)C(NC(C)=O)C(C(O)C(O)CO)O5)C4O)C3NC(C)=O)C(OC3(C(=O)O)CC(O)C(NC(C)=O)C(C(O)C(O)CO)O3)C2O)C(O)C1O)NC(=O)CCCCCCCCCCCCCCCCCCCCC. The minimum atomic E-state index is -3.50. The predicted octanol–water partition coefficient (Wildman–Crippen LogP) is -2.31. The van der Waals surface area contributed by atoms with Crippen LogP contribution in [0.3, 0.4) is 0 Å². The van der Waals surface area contributed by atoms with E-state index in [-0.39, 0.29) is 6.42 Å². The van der Waals surface area contributed by atoms with Crippen molar-refractivity contribution < 1.29 is 193 Å². The fraction of sp³-hybridized carbons (Fsp3) is 0.909. The Kier molecular flexibility index (Phi) is 52.3. The topological polar surface area (TPSA) is 686 Å². The van der Waals surface area contributed by atoms with Crippen molar-refractivity contribution in [1.82, 2.24) is 21.3 Å². The molecule has 0 spiro atoms.